The summed E-state index contributed by atoms with van der Waals surface area (Å²) in [6, 6.07) is -0.890. The quantitative estimate of drug-likeness (QED) is 0.563. The number of rotatable bonds is 4. The third kappa shape index (κ3) is 3.04. The lowest BCUT2D eigenvalue weighted by Gasteiger charge is -2.41. The molecule has 2 rings (SSSR count). The summed E-state index contributed by atoms with van der Waals surface area (Å²) in [6.07, 6.45) is -0.120. The van der Waals surface area contributed by atoms with E-state index in [1.54, 1.807) is 6.26 Å². The van der Waals surface area contributed by atoms with Crippen molar-refractivity contribution in [1.29, 1.82) is 0 Å². The highest BCUT2D eigenvalue weighted by atomic mass is 32.2. The van der Waals surface area contributed by atoms with E-state index in [0.29, 0.717) is 0 Å². The number of carbonyl (C=O) groups excluding carboxylic acids is 1. The molecule has 2 heterocycles. The average molecular weight is 319 g/mol. The Morgan fingerprint density at radius 1 is 1.52 bits per heavy atom. The highest BCUT2D eigenvalue weighted by Gasteiger charge is 2.45. The van der Waals surface area contributed by atoms with Crippen LogP contribution in [0.3, 0.4) is 0 Å². The van der Waals surface area contributed by atoms with Crippen molar-refractivity contribution in [1.82, 2.24) is 15.0 Å². The van der Waals surface area contributed by atoms with Crippen molar-refractivity contribution in [3.05, 3.63) is 11.9 Å². The number of aromatic nitrogens is 3. The molecule has 0 aromatic carbocycles. The van der Waals surface area contributed by atoms with Crippen molar-refractivity contribution in [2.24, 2.45) is 0 Å². The van der Waals surface area contributed by atoms with Crippen molar-refractivity contribution in [3.8, 4) is 0 Å². The van der Waals surface area contributed by atoms with Gasteiger partial charge in [0.1, 0.15) is 29.8 Å². The van der Waals surface area contributed by atoms with Crippen molar-refractivity contribution < 1.29 is 29.6 Å². The highest BCUT2D eigenvalue weighted by molar-refractivity contribution is 7.99. The number of thioether (sulfide) groups is 1. The molecular weight excluding hydrogens is 302 g/mol. The van der Waals surface area contributed by atoms with Crippen LogP contribution < -0.4 is 0 Å². The van der Waals surface area contributed by atoms with Gasteiger partial charge in [0.25, 0.3) is 0 Å². The number of ether oxygens (including phenoxy) is 2. The van der Waals surface area contributed by atoms with Crippen LogP contribution in [0.25, 0.3) is 0 Å². The largest absolute Gasteiger partial charge is 0.464 e. The normalized spacial score (nSPS) is 32.9. The molecule has 21 heavy (non-hydrogen) atoms. The smallest absolute Gasteiger partial charge is 0.360 e. The highest BCUT2D eigenvalue weighted by Crippen LogP contribution is 2.33. The van der Waals surface area contributed by atoms with Gasteiger partial charge in [0.2, 0.25) is 0 Å². The summed E-state index contributed by atoms with van der Waals surface area (Å²) in [5.74, 6) is -0.669. The van der Waals surface area contributed by atoms with Gasteiger partial charge in [0.15, 0.2) is 5.69 Å². The molecule has 0 aliphatic carbocycles. The Kier molecular flexibility index (Phi) is 5.17. The second kappa shape index (κ2) is 6.71. The minimum Gasteiger partial charge on any atom is -0.464 e. The molecule has 9 nitrogen and oxygen atoms in total. The Morgan fingerprint density at radius 2 is 2.24 bits per heavy atom. The Morgan fingerprint density at radius 3 is 2.81 bits per heavy atom. The Labute approximate surface area is 124 Å². The van der Waals surface area contributed by atoms with Gasteiger partial charge in [-0.05, 0) is 6.26 Å². The molecule has 0 spiro atoms. The van der Waals surface area contributed by atoms with Crippen LogP contribution in [-0.2, 0) is 9.47 Å². The molecule has 1 fully saturated rings. The molecule has 1 aromatic heterocycles. The van der Waals surface area contributed by atoms with Gasteiger partial charge in [0.05, 0.1) is 19.9 Å². The zero-order valence-corrected chi connectivity index (χ0v) is 12.3. The van der Waals surface area contributed by atoms with Gasteiger partial charge >= 0.3 is 5.97 Å². The number of esters is 1. The van der Waals surface area contributed by atoms with Crippen molar-refractivity contribution in [3.63, 3.8) is 0 Å². The fraction of sp³-hybridized carbons (Fsp3) is 0.727. The maximum Gasteiger partial charge on any atom is 0.360 e. The maximum atomic E-state index is 11.4. The van der Waals surface area contributed by atoms with Crippen LogP contribution in [0, 0.1) is 0 Å². The van der Waals surface area contributed by atoms with E-state index in [9.17, 15) is 20.1 Å². The zero-order valence-electron chi connectivity index (χ0n) is 11.5. The second-order valence-corrected chi connectivity index (χ2v) is 5.44. The summed E-state index contributed by atoms with van der Waals surface area (Å²) in [5.41, 5.74) is -0.675. The first-order valence-electron chi connectivity index (χ1n) is 6.18. The van der Waals surface area contributed by atoms with E-state index in [-0.39, 0.29) is 5.69 Å². The van der Waals surface area contributed by atoms with Crippen LogP contribution in [0.5, 0.6) is 0 Å². The fourth-order valence-corrected chi connectivity index (χ4v) is 2.89. The van der Waals surface area contributed by atoms with Gasteiger partial charge in [-0.15, -0.1) is 16.9 Å². The molecule has 0 amide bonds. The minimum absolute atomic E-state index is 0.0374. The molecule has 10 heteroatoms. The Bertz CT molecular complexity index is 482. The lowest BCUT2D eigenvalue weighted by molar-refractivity contribution is -0.178. The maximum absolute atomic E-state index is 11.4. The number of aliphatic hydroxyl groups is 3. The van der Waals surface area contributed by atoms with Crippen LogP contribution in [0.15, 0.2) is 6.20 Å². The summed E-state index contributed by atoms with van der Waals surface area (Å²) in [6.45, 7) is -0.403. The van der Waals surface area contributed by atoms with Crippen LogP contribution in [0.1, 0.15) is 16.5 Å². The summed E-state index contributed by atoms with van der Waals surface area (Å²) in [5, 5.41) is 37.1. The molecular formula is C11H17N3O6S. The summed E-state index contributed by atoms with van der Waals surface area (Å²) >= 11 is 1.24. The van der Waals surface area contributed by atoms with Crippen LogP contribution in [0.2, 0.25) is 0 Å². The number of carbonyl (C=O) groups is 1. The van der Waals surface area contributed by atoms with E-state index in [0.717, 1.165) is 0 Å². The van der Waals surface area contributed by atoms with Gasteiger partial charge in [0, 0.05) is 0 Å². The summed E-state index contributed by atoms with van der Waals surface area (Å²) in [4.78, 5) is 11.4. The topological polar surface area (TPSA) is 127 Å². The monoisotopic (exact) mass is 319 g/mol. The standard InChI is InChI=1S/C11H17N3O6S/c1-19-10(18)5-3-14(13-12-5)7-8(16)6(4-15)20-11(21-2)9(7)17/h3,6-9,11,15-17H,4H2,1-2H3/t6?,7?,8-,9-,11-/m0/s1. The molecule has 0 bridgehead atoms. The molecule has 1 aliphatic heterocycles. The lowest BCUT2D eigenvalue weighted by Crippen LogP contribution is -2.54. The predicted molar refractivity (Wildman–Crippen MR) is 71.7 cm³/mol. The molecule has 3 N–H and O–H groups in total. The van der Waals surface area contributed by atoms with Gasteiger partial charge in [-0.2, -0.15) is 0 Å². The minimum atomic E-state index is -1.19. The van der Waals surface area contributed by atoms with E-state index in [1.807, 2.05) is 0 Å². The number of nitrogens with zero attached hydrogens (tertiary/aromatic N) is 3. The van der Waals surface area contributed by atoms with Crippen LogP contribution in [0.4, 0.5) is 0 Å². The van der Waals surface area contributed by atoms with Crippen molar-refractivity contribution >= 4 is 17.7 Å². The SMILES string of the molecule is COC(=O)c1cn(C2[C@@H](O)C(CO)O[C@@H](SC)[C@H]2O)nn1. The first-order valence-corrected chi connectivity index (χ1v) is 7.47. The molecule has 118 valence electrons. The van der Waals surface area contributed by atoms with E-state index < -0.39 is 42.4 Å². The first-order chi connectivity index (χ1) is 10.0. The van der Waals surface area contributed by atoms with E-state index in [1.165, 1.54) is 29.8 Å². The lowest BCUT2D eigenvalue weighted by atomic mass is 9.97. The molecule has 5 atom stereocenters. The average Bonchev–Trinajstić information content (AvgIpc) is 2.96. The number of hydrogen-bond donors (Lipinski definition) is 3. The van der Waals surface area contributed by atoms with E-state index in [4.69, 9.17) is 4.74 Å². The van der Waals surface area contributed by atoms with Gasteiger partial charge in [-0.25, -0.2) is 9.48 Å². The Balaban J connectivity index is 2.29. The van der Waals surface area contributed by atoms with E-state index >= 15 is 0 Å². The summed E-state index contributed by atoms with van der Waals surface area (Å²) in [7, 11) is 1.21. The van der Waals surface area contributed by atoms with Crippen LogP contribution >= 0.6 is 11.8 Å². The van der Waals surface area contributed by atoms with Crippen molar-refractivity contribution in [2.45, 2.75) is 29.8 Å². The van der Waals surface area contributed by atoms with Crippen molar-refractivity contribution in [2.75, 3.05) is 20.0 Å². The van der Waals surface area contributed by atoms with Crippen LogP contribution in [-0.4, -0.2) is 80.0 Å². The fourth-order valence-electron chi connectivity index (χ4n) is 2.20. The molecule has 0 saturated carbocycles. The molecule has 1 aromatic rings. The van der Waals surface area contributed by atoms with Gasteiger partial charge < -0.3 is 24.8 Å². The third-order valence-corrected chi connectivity index (χ3v) is 4.15. The third-order valence-electron chi connectivity index (χ3n) is 3.29. The van der Waals surface area contributed by atoms with Gasteiger partial charge in [-0.3, -0.25) is 0 Å². The second-order valence-electron chi connectivity index (χ2n) is 4.51. The number of aliphatic hydroxyl groups excluding tert-OH is 3. The Hall–Kier alpha value is -1.20. The van der Waals surface area contributed by atoms with Gasteiger partial charge in [-0.1, -0.05) is 5.21 Å². The van der Waals surface area contributed by atoms with E-state index in [2.05, 4.69) is 15.0 Å². The number of hydrogen-bond acceptors (Lipinski definition) is 9. The first kappa shape index (κ1) is 16.2. The number of methoxy groups -OCH3 is 1. The summed E-state index contributed by atoms with van der Waals surface area (Å²) < 4.78 is 11.1. The molecule has 1 saturated heterocycles. The molecule has 0 radical (unpaired) electrons. The predicted octanol–water partition coefficient (Wildman–Crippen LogP) is -1.59. The molecule has 1 aliphatic rings. The molecule has 2 unspecified atom stereocenters. The zero-order chi connectivity index (χ0) is 15.6.